The monoisotopic (exact) mass is 367 g/mol. The quantitative estimate of drug-likeness (QED) is 0.750. The Morgan fingerprint density at radius 1 is 1.15 bits per heavy atom. The van der Waals surface area contributed by atoms with E-state index in [4.69, 9.17) is 0 Å². The van der Waals surface area contributed by atoms with E-state index in [-0.39, 0.29) is 17.9 Å². The molecule has 0 aromatic rings. The van der Waals surface area contributed by atoms with Gasteiger partial charge in [-0.1, -0.05) is 13.8 Å². The first-order valence-electron chi connectivity index (χ1n) is 10.3. The summed E-state index contributed by atoms with van der Waals surface area (Å²) in [6, 6.07) is 0.265. The number of amides is 2. The molecule has 2 amide bonds. The number of hydrogen-bond acceptors (Lipinski definition) is 4. The number of β-amino-alcohol motifs (C(OH)–C–C–N with tert-alkyl or cyclic N) is 1. The summed E-state index contributed by atoms with van der Waals surface area (Å²) in [6.45, 7) is 9.77. The number of carbonyl (C=O) groups is 2. The fourth-order valence-corrected chi connectivity index (χ4v) is 4.10. The highest BCUT2D eigenvalue weighted by atomic mass is 16.3. The number of piperidine rings is 1. The number of carbonyl (C=O) groups excluding carboxylic acids is 2. The van der Waals surface area contributed by atoms with Gasteiger partial charge in [0, 0.05) is 52.1 Å². The first-order valence-corrected chi connectivity index (χ1v) is 10.3. The lowest BCUT2D eigenvalue weighted by molar-refractivity contribution is -0.131. The molecule has 0 bridgehead atoms. The van der Waals surface area contributed by atoms with Crippen molar-refractivity contribution < 1.29 is 14.7 Å². The Kier molecular flexibility index (Phi) is 7.89. The molecule has 2 saturated heterocycles. The molecule has 6 nitrogen and oxygen atoms in total. The van der Waals surface area contributed by atoms with Crippen LogP contribution in [0.4, 0.5) is 0 Å². The van der Waals surface area contributed by atoms with Gasteiger partial charge in [0.15, 0.2) is 0 Å². The van der Waals surface area contributed by atoms with Gasteiger partial charge in [0.1, 0.15) is 0 Å². The second kappa shape index (κ2) is 9.70. The third-order valence-corrected chi connectivity index (χ3v) is 5.72. The van der Waals surface area contributed by atoms with E-state index in [1.165, 1.54) is 0 Å². The smallest absolute Gasteiger partial charge is 0.222 e. The Morgan fingerprint density at radius 2 is 1.85 bits per heavy atom. The molecule has 0 aliphatic carbocycles. The SMILES string of the molecule is CC(=O)NC1CCN(CC2(O)CCCN(C(=O)CCC(C)C)CC2)CC1. The minimum absolute atomic E-state index is 0.0353. The van der Waals surface area contributed by atoms with Crippen molar-refractivity contribution in [2.45, 2.75) is 77.4 Å². The standard InChI is InChI=1S/C20H37N3O3/c1-16(2)5-6-19(25)23-11-4-9-20(26,10-14-23)15-22-12-7-18(8-13-22)21-17(3)24/h16,18,26H,4-15H2,1-3H3,(H,21,24). The normalized spacial score (nSPS) is 26.0. The fraction of sp³-hybridized carbons (Fsp3) is 0.900. The first-order chi connectivity index (χ1) is 12.3. The van der Waals surface area contributed by atoms with Crippen molar-refractivity contribution in [1.82, 2.24) is 15.1 Å². The summed E-state index contributed by atoms with van der Waals surface area (Å²) in [6.07, 6.45) is 5.71. The van der Waals surface area contributed by atoms with E-state index in [2.05, 4.69) is 24.1 Å². The maximum Gasteiger partial charge on any atom is 0.222 e. The molecule has 0 aromatic heterocycles. The lowest BCUT2D eigenvalue weighted by atomic mass is 9.93. The Bertz CT molecular complexity index is 475. The summed E-state index contributed by atoms with van der Waals surface area (Å²) in [7, 11) is 0. The van der Waals surface area contributed by atoms with Gasteiger partial charge in [0.2, 0.25) is 11.8 Å². The molecule has 2 fully saturated rings. The van der Waals surface area contributed by atoms with E-state index in [1.54, 1.807) is 6.92 Å². The zero-order valence-corrected chi connectivity index (χ0v) is 16.8. The summed E-state index contributed by atoms with van der Waals surface area (Å²) in [4.78, 5) is 27.8. The number of nitrogens with one attached hydrogen (secondary N) is 1. The Labute approximate surface area is 158 Å². The zero-order chi connectivity index (χ0) is 19.2. The molecule has 0 aromatic carbocycles. The maximum atomic E-state index is 12.4. The number of nitrogens with zero attached hydrogens (tertiary/aromatic N) is 2. The van der Waals surface area contributed by atoms with E-state index >= 15 is 0 Å². The maximum absolute atomic E-state index is 12.4. The number of rotatable bonds is 6. The lowest BCUT2D eigenvalue weighted by Crippen LogP contribution is -2.50. The van der Waals surface area contributed by atoms with Crippen LogP contribution in [0.5, 0.6) is 0 Å². The zero-order valence-electron chi connectivity index (χ0n) is 16.8. The molecular formula is C20H37N3O3. The van der Waals surface area contributed by atoms with Gasteiger partial charge >= 0.3 is 0 Å². The van der Waals surface area contributed by atoms with Crippen molar-refractivity contribution in [2.75, 3.05) is 32.7 Å². The van der Waals surface area contributed by atoms with Crippen molar-refractivity contribution in [1.29, 1.82) is 0 Å². The Hall–Kier alpha value is -1.14. The summed E-state index contributed by atoms with van der Waals surface area (Å²) >= 11 is 0. The van der Waals surface area contributed by atoms with Crippen LogP contribution in [0.2, 0.25) is 0 Å². The molecule has 26 heavy (non-hydrogen) atoms. The number of aliphatic hydroxyl groups is 1. The molecule has 2 heterocycles. The average Bonchev–Trinajstić information content (AvgIpc) is 2.76. The molecular weight excluding hydrogens is 330 g/mol. The van der Waals surface area contributed by atoms with Gasteiger partial charge in [-0.25, -0.2) is 0 Å². The van der Waals surface area contributed by atoms with Crippen molar-refractivity contribution >= 4 is 11.8 Å². The predicted octanol–water partition coefficient (Wildman–Crippen LogP) is 1.77. The predicted molar refractivity (Wildman–Crippen MR) is 103 cm³/mol. The number of hydrogen-bond donors (Lipinski definition) is 2. The molecule has 1 unspecified atom stereocenters. The molecule has 0 saturated carbocycles. The fourth-order valence-electron chi connectivity index (χ4n) is 4.10. The van der Waals surface area contributed by atoms with Gasteiger partial charge in [0.05, 0.1) is 5.60 Å². The van der Waals surface area contributed by atoms with Gasteiger partial charge in [-0.05, 0) is 44.4 Å². The minimum atomic E-state index is -0.700. The summed E-state index contributed by atoms with van der Waals surface area (Å²) < 4.78 is 0. The molecule has 6 heteroatoms. The molecule has 2 aliphatic rings. The highest BCUT2D eigenvalue weighted by molar-refractivity contribution is 5.76. The van der Waals surface area contributed by atoms with E-state index in [1.807, 2.05) is 4.90 Å². The highest BCUT2D eigenvalue weighted by Gasteiger charge is 2.34. The molecule has 2 rings (SSSR count). The molecule has 150 valence electrons. The third kappa shape index (κ3) is 6.88. The van der Waals surface area contributed by atoms with Crippen LogP contribution in [-0.4, -0.2) is 71.1 Å². The first kappa shape index (κ1) is 21.2. The minimum Gasteiger partial charge on any atom is -0.388 e. The van der Waals surface area contributed by atoms with Gasteiger partial charge in [-0.3, -0.25) is 9.59 Å². The van der Waals surface area contributed by atoms with Gasteiger partial charge in [-0.15, -0.1) is 0 Å². The van der Waals surface area contributed by atoms with Crippen molar-refractivity contribution in [3.05, 3.63) is 0 Å². The Balaban J connectivity index is 1.78. The number of likely N-dealkylation sites (tertiary alicyclic amines) is 2. The van der Waals surface area contributed by atoms with Crippen LogP contribution in [0.1, 0.15) is 65.7 Å². The molecule has 2 aliphatic heterocycles. The second-order valence-corrected chi connectivity index (χ2v) is 8.64. The Morgan fingerprint density at radius 3 is 2.46 bits per heavy atom. The lowest BCUT2D eigenvalue weighted by Gasteiger charge is -2.38. The van der Waals surface area contributed by atoms with E-state index in [9.17, 15) is 14.7 Å². The van der Waals surface area contributed by atoms with Crippen molar-refractivity contribution in [2.24, 2.45) is 5.92 Å². The van der Waals surface area contributed by atoms with Crippen LogP contribution in [0.15, 0.2) is 0 Å². The van der Waals surface area contributed by atoms with Crippen LogP contribution in [0, 0.1) is 5.92 Å². The topological polar surface area (TPSA) is 72.9 Å². The highest BCUT2D eigenvalue weighted by Crippen LogP contribution is 2.25. The average molecular weight is 368 g/mol. The van der Waals surface area contributed by atoms with Gasteiger partial charge in [-0.2, -0.15) is 0 Å². The molecule has 0 radical (unpaired) electrons. The summed E-state index contributed by atoms with van der Waals surface area (Å²) in [5, 5.41) is 14.1. The van der Waals surface area contributed by atoms with Gasteiger partial charge in [0.25, 0.3) is 0 Å². The van der Waals surface area contributed by atoms with Crippen molar-refractivity contribution in [3.8, 4) is 0 Å². The molecule has 2 N–H and O–H groups in total. The van der Waals surface area contributed by atoms with E-state index < -0.39 is 5.60 Å². The van der Waals surface area contributed by atoms with Crippen LogP contribution < -0.4 is 5.32 Å². The molecule has 0 spiro atoms. The van der Waals surface area contributed by atoms with Crippen LogP contribution >= 0.6 is 0 Å². The summed E-state index contributed by atoms with van der Waals surface area (Å²) in [5.74, 6) is 0.815. The summed E-state index contributed by atoms with van der Waals surface area (Å²) in [5.41, 5.74) is -0.700. The van der Waals surface area contributed by atoms with Crippen LogP contribution in [0.25, 0.3) is 0 Å². The van der Waals surface area contributed by atoms with Crippen molar-refractivity contribution in [3.63, 3.8) is 0 Å². The van der Waals surface area contributed by atoms with E-state index in [0.29, 0.717) is 31.8 Å². The second-order valence-electron chi connectivity index (χ2n) is 8.64. The van der Waals surface area contributed by atoms with Crippen LogP contribution in [0.3, 0.4) is 0 Å². The van der Waals surface area contributed by atoms with E-state index in [0.717, 1.165) is 51.7 Å². The largest absolute Gasteiger partial charge is 0.388 e. The third-order valence-electron chi connectivity index (χ3n) is 5.72. The van der Waals surface area contributed by atoms with Crippen LogP contribution in [-0.2, 0) is 9.59 Å². The molecule has 1 atom stereocenters. The van der Waals surface area contributed by atoms with Gasteiger partial charge < -0.3 is 20.2 Å².